The molecule has 0 bridgehead atoms. The second kappa shape index (κ2) is 15.9. The van der Waals surface area contributed by atoms with Crippen LogP contribution in [0.3, 0.4) is 0 Å². The molecule has 3 N–H and O–H groups in total. The Labute approximate surface area is 302 Å². The van der Waals surface area contributed by atoms with Gasteiger partial charge in [0.1, 0.15) is 17.3 Å². The van der Waals surface area contributed by atoms with Crippen molar-refractivity contribution in [1.82, 2.24) is 29.5 Å². The molecule has 272 valence electrons. The molecule has 3 aliphatic heterocycles. The van der Waals surface area contributed by atoms with Crippen molar-refractivity contribution < 1.29 is 17.9 Å². The number of piperazine rings is 1. The first-order chi connectivity index (χ1) is 23.6. The number of aromatic nitrogens is 1. The van der Waals surface area contributed by atoms with E-state index in [9.17, 15) is 13.2 Å². The number of pyridine rings is 1. The molecule has 50 heavy (non-hydrogen) atoms. The number of anilines is 1. The quantitative estimate of drug-likeness (QED) is 0.327. The largest absolute Gasteiger partial charge is 0.443 e. The predicted molar refractivity (Wildman–Crippen MR) is 199 cm³/mol. The summed E-state index contributed by atoms with van der Waals surface area (Å²) in [7, 11) is -4.17. The summed E-state index contributed by atoms with van der Waals surface area (Å²) in [5.74, 6) is 7.74. The Balaban J connectivity index is 1.09. The molecule has 2 saturated heterocycles. The maximum absolute atomic E-state index is 12.4. The van der Waals surface area contributed by atoms with Crippen molar-refractivity contribution in [2.24, 2.45) is 4.99 Å². The first kappa shape index (κ1) is 37.8. The summed E-state index contributed by atoms with van der Waals surface area (Å²) in [4.78, 5) is 28.7. The van der Waals surface area contributed by atoms with E-state index in [1.165, 1.54) is 5.56 Å². The maximum atomic E-state index is 12.4. The number of likely N-dealkylation sites (tertiary alicyclic amines) is 1. The number of ether oxygens (including phenoxy) is 1. The van der Waals surface area contributed by atoms with Gasteiger partial charge in [0.25, 0.3) is 0 Å². The van der Waals surface area contributed by atoms with E-state index < -0.39 is 27.4 Å². The van der Waals surface area contributed by atoms with Crippen molar-refractivity contribution in [1.29, 1.82) is 0 Å². The number of hydrogen-bond acceptors (Lipinski definition) is 10. The molecule has 0 radical (unpaired) electrons. The molecule has 2 fully saturated rings. The van der Waals surface area contributed by atoms with Gasteiger partial charge in [0.15, 0.2) is 0 Å². The Morgan fingerprint density at radius 3 is 2.44 bits per heavy atom. The number of benzene rings is 1. The third-order valence-corrected chi connectivity index (χ3v) is 10.5. The highest BCUT2D eigenvalue weighted by atomic mass is 35.5. The smallest absolute Gasteiger partial charge is 0.422 e. The zero-order valence-electron chi connectivity index (χ0n) is 30.1. The molecular formula is C36H51ClN8O4S. The molecule has 3 aliphatic rings. The normalized spacial score (nSPS) is 19.7. The number of rotatable bonds is 9. The number of carbonyl (C=O) groups excluding carboxylic acids is 1. The van der Waals surface area contributed by atoms with E-state index in [4.69, 9.17) is 21.3 Å². The SMILES string of the molecule is CC[C@H]1CN(c2ncc(C3=NCCN3)cc2Cl)CCN1C1CCN(Cc2ccc(C#CC(C)(C)NS(=O)(=O)NC(=O)OC(C)(C)C)cc2)CC1. The van der Waals surface area contributed by atoms with Crippen LogP contribution < -0.4 is 19.7 Å². The summed E-state index contributed by atoms with van der Waals surface area (Å²) in [5.41, 5.74) is 0.980. The van der Waals surface area contributed by atoms with Gasteiger partial charge < -0.3 is 15.0 Å². The zero-order chi connectivity index (χ0) is 36.1. The molecule has 5 rings (SSSR count). The molecule has 0 aliphatic carbocycles. The summed E-state index contributed by atoms with van der Waals surface area (Å²) in [6.07, 6.45) is 4.18. The molecule has 2 aromatic rings. The van der Waals surface area contributed by atoms with Crippen molar-refractivity contribution in [3.8, 4) is 11.8 Å². The molecule has 14 heteroatoms. The minimum atomic E-state index is -4.17. The number of nitrogens with zero attached hydrogens (tertiary/aromatic N) is 5. The van der Waals surface area contributed by atoms with Crippen molar-refractivity contribution >= 4 is 39.6 Å². The number of nitrogens with one attached hydrogen (secondary N) is 3. The van der Waals surface area contributed by atoms with Gasteiger partial charge in [0.2, 0.25) is 0 Å². The molecule has 1 amide bonds. The lowest BCUT2D eigenvalue weighted by atomic mass is 9.97. The summed E-state index contributed by atoms with van der Waals surface area (Å²) < 4.78 is 34.2. The average molecular weight is 727 g/mol. The number of aliphatic imine (C=N–C) groups is 1. The Hall–Kier alpha value is -3.41. The number of piperidine rings is 1. The predicted octanol–water partition coefficient (Wildman–Crippen LogP) is 4.14. The highest BCUT2D eigenvalue weighted by molar-refractivity contribution is 7.88. The van der Waals surface area contributed by atoms with E-state index in [2.05, 4.69) is 60.6 Å². The van der Waals surface area contributed by atoms with E-state index in [-0.39, 0.29) is 0 Å². The monoisotopic (exact) mass is 726 g/mol. The minimum absolute atomic E-state index is 0.453. The number of amides is 1. The van der Waals surface area contributed by atoms with Crippen LogP contribution in [0.4, 0.5) is 10.6 Å². The second-order valence-electron chi connectivity index (χ2n) is 14.7. The number of halogens is 1. The fourth-order valence-corrected chi connectivity index (χ4v) is 8.00. The summed E-state index contributed by atoms with van der Waals surface area (Å²) in [5, 5.41) is 3.97. The van der Waals surface area contributed by atoms with Gasteiger partial charge in [-0.1, -0.05) is 42.5 Å². The van der Waals surface area contributed by atoms with Gasteiger partial charge in [-0.15, -0.1) is 0 Å². The van der Waals surface area contributed by atoms with Crippen LogP contribution >= 0.6 is 11.6 Å². The molecule has 1 atom stereocenters. The van der Waals surface area contributed by atoms with Gasteiger partial charge in [-0.3, -0.25) is 14.8 Å². The average Bonchev–Trinajstić information content (AvgIpc) is 3.58. The van der Waals surface area contributed by atoms with Crippen LogP contribution in [-0.2, 0) is 21.5 Å². The molecule has 1 aromatic heterocycles. The lowest BCUT2D eigenvalue weighted by molar-refractivity contribution is 0.0569. The maximum Gasteiger partial charge on any atom is 0.422 e. The second-order valence-corrected chi connectivity index (χ2v) is 16.5. The number of amidine groups is 1. The van der Waals surface area contributed by atoms with Crippen molar-refractivity contribution in [2.45, 2.75) is 90.6 Å². The van der Waals surface area contributed by atoms with Crippen LogP contribution in [-0.4, -0.2) is 104 Å². The molecular weight excluding hydrogens is 676 g/mol. The highest BCUT2D eigenvalue weighted by Crippen LogP contribution is 2.30. The molecule has 0 unspecified atom stereocenters. The Kier molecular flexibility index (Phi) is 12.0. The van der Waals surface area contributed by atoms with Crippen molar-refractivity contribution in [2.75, 3.05) is 50.7 Å². The summed E-state index contributed by atoms with van der Waals surface area (Å²) >= 11 is 6.74. The molecule has 0 saturated carbocycles. The van der Waals surface area contributed by atoms with E-state index >= 15 is 0 Å². The number of carbonyl (C=O) groups is 1. The first-order valence-electron chi connectivity index (χ1n) is 17.4. The van der Waals surface area contributed by atoms with Crippen LogP contribution in [0.15, 0.2) is 41.5 Å². The van der Waals surface area contributed by atoms with Crippen LogP contribution in [0.25, 0.3) is 0 Å². The fourth-order valence-electron chi connectivity index (χ4n) is 6.67. The summed E-state index contributed by atoms with van der Waals surface area (Å²) in [6, 6.07) is 11.1. The van der Waals surface area contributed by atoms with Crippen LogP contribution in [0.1, 0.15) is 77.5 Å². The van der Waals surface area contributed by atoms with E-state index in [1.807, 2.05) is 29.1 Å². The molecule has 0 spiro atoms. The lowest BCUT2D eigenvalue weighted by Crippen LogP contribution is -2.58. The van der Waals surface area contributed by atoms with Crippen LogP contribution in [0.5, 0.6) is 0 Å². The van der Waals surface area contributed by atoms with Gasteiger partial charge in [0.05, 0.1) is 17.1 Å². The van der Waals surface area contributed by atoms with Gasteiger partial charge in [0, 0.05) is 62.1 Å². The van der Waals surface area contributed by atoms with Crippen molar-refractivity contribution in [3.05, 3.63) is 58.2 Å². The Morgan fingerprint density at radius 1 is 1.10 bits per heavy atom. The van der Waals surface area contributed by atoms with Crippen LogP contribution in [0.2, 0.25) is 5.02 Å². The Bertz CT molecular complexity index is 1710. The minimum Gasteiger partial charge on any atom is -0.443 e. The fraction of sp³-hybridized carbons (Fsp3) is 0.583. The zero-order valence-corrected chi connectivity index (χ0v) is 31.6. The summed E-state index contributed by atoms with van der Waals surface area (Å²) in [6.45, 7) is 17.9. The van der Waals surface area contributed by atoms with Gasteiger partial charge >= 0.3 is 16.3 Å². The molecule has 1 aromatic carbocycles. The third kappa shape index (κ3) is 10.6. The van der Waals surface area contributed by atoms with E-state index in [1.54, 1.807) is 34.6 Å². The molecule has 12 nitrogen and oxygen atoms in total. The standard InChI is InChI=1S/C36H51ClN8O4S/c1-7-29-25-44(33-31(37)22-28(23-40-33)32-38-16-17-39-32)20-21-45(29)30-13-18-43(19-14-30)24-27-10-8-26(9-11-27)12-15-36(5,6)42-50(47,48)41-34(46)49-35(2,3)4/h8-11,22-23,29-30,42H,7,13-14,16-21,24-25H2,1-6H3,(H,38,39)(H,41,46)/t29-/m0/s1. The van der Waals surface area contributed by atoms with Gasteiger partial charge in [-0.2, -0.15) is 13.1 Å². The Morgan fingerprint density at radius 2 is 1.82 bits per heavy atom. The van der Waals surface area contributed by atoms with Crippen molar-refractivity contribution in [3.63, 3.8) is 0 Å². The third-order valence-electron chi connectivity index (χ3n) is 8.98. The molecule has 4 heterocycles. The van der Waals surface area contributed by atoms with E-state index in [0.717, 1.165) is 94.4 Å². The number of hydrogen-bond donors (Lipinski definition) is 3. The van der Waals surface area contributed by atoms with Gasteiger partial charge in [-0.05, 0) is 90.7 Å². The highest BCUT2D eigenvalue weighted by Gasteiger charge is 2.34. The van der Waals surface area contributed by atoms with E-state index in [0.29, 0.717) is 17.1 Å². The van der Waals surface area contributed by atoms with Gasteiger partial charge in [-0.25, -0.2) is 14.5 Å². The van der Waals surface area contributed by atoms with Crippen LogP contribution in [0, 0.1) is 11.8 Å². The first-order valence-corrected chi connectivity index (χ1v) is 19.3. The lowest BCUT2D eigenvalue weighted by Gasteiger charge is -2.47. The topological polar surface area (TPSA) is 132 Å².